The van der Waals surface area contributed by atoms with Gasteiger partial charge in [0.1, 0.15) is 5.82 Å². The van der Waals surface area contributed by atoms with Gasteiger partial charge in [0, 0.05) is 37.8 Å². The molecule has 0 bridgehead atoms. The third-order valence-electron chi connectivity index (χ3n) is 7.26. The summed E-state index contributed by atoms with van der Waals surface area (Å²) >= 11 is 4.80. The Morgan fingerprint density at radius 3 is 2.55 bits per heavy atom. The third-order valence-corrected chi connectivity index (χ3v) is 7.83. The zero-order chi connectivity index (χ0) is 22.9. The maximum absolute atomic E-state index is 12.4. The highest BCUT2D eigenvalue weighted by Gasteiger charge is 2.39. The Bertz CT molecular complexity index is 1040. The Hall–Kier alpha value is -2.29. The number of nitrogens with zero attached hydrogens (tertiary/aromatic N) is 4. The van der Waals surface area contributed by atoms with Crippen LogP contribution in [0.15, 0.2) is 30.6 Å². The summed E-state index contributed by atoms with van der Waals surface area (Å²) < 4.78 is 0. The third kappa shape index (κ3) is 4.69. The molecule has 3 aliphatic heterocycles. The Morgan fingerprint density at radius 1 is 1.09 bits per heavy atom. The Morgan fingerprint density at radius 2 is 1.85 bits per heavy atom. The van der Waals surface area contributed by atoms with Gasteiger partial charge in [-0.2, -0.15) is 12.6 Å². The minimum atomic E-state index is -0.298. The molecule has 7 nitrogen and oxygen atoms in total. The highest BCUT2D eigenvalue weighted by Crippen LogP contribution is 2.39. The molecule has 0 saturated carbocycles. The van der Waals surface area contributed by atoms with Gasteiger partial charge in [-0.15, -0.1) is 0 Å². The van der Waals surface area contributed by atoms with Crippen LogP contribution in [-0.4, -0.2) is 50.7 Å². The van der Waals surface area contributed by atoms with Gasteiger partial charge < -0.3 is 0 Å². The molecule has 2 amide bonds. The molecule has 1 aromatic heterocycles. The van der Waals surface area contributed by atoms with E-state index in [1.165, 1.54) is 16.7 Å². The number of rotatable bonds is 5. The molecule has 33 heavy (non-hydrogen) atoms. The van der Waals surface area contributed by atoms with Crippen molar-refractivity contribution in [1.82, 2.24) is 25.1 Å². The van der Waals surface area contributed by atoms with Gasteiger partial charge in [-0.1, -0.05) is 25.1 Å². The summed E-state index contributed by atoms with van der Waals surface area (Å²) in [6.45, 7) is 5.82. The van der Waals surface area contributed by atoms with Crippen LogP contribution >= 0.6 is 12.6 Å². The van der Waals surface area contributed by atoms with Crippen molar-refractivity contribution < 1.29 is 9.59 Å². The van der Waals surface area contributed by atoms with Crippen molar-refractivity contribution in [2.75, 3.05) is 13.1 Å². The average molecular weight is 466 g/mol. The number of piperidine rings is 2. The summed E-state index contributed by atoms with van der Waals surface area (Å²) in [4.78, 5) is 37.7. The first kappa shape index (κ1) is 22.5. The average Bonchev–Trinajstić information content (AvgIpc) is 3.15. The van der Waals surface area contributed by atoms with E-state index < -0.39 is 0 Å². The quantitative estimate of drug-likeness (QED) is 0.522. The summed E-state index contributed by atoms with van der Waals surface area (Å²) in [7, 11) is 0. The molecule has 1 N–H and O–H groups in total. The topological polar surface area (TPSA) is 78.4 Å². The standard InChI is InChI=1S/C25H31N5O2S/c1-2-16-12-26-23(27-13-16)18-7-9-29(10-8-18)14-17-3-4-20-19(11-17)15-30(25(20)33)21-5-6-22(31)28-24(21)32/h3-4,11-13,18,21,25,33H,2,5-10,14-15H2,1H3,(H,28,31,32). The van der Waals surface area contributed by atoms with Gasteiger partial charge in [-0.05, 0) is 61.0 Å². The van der Waals surface area contributed by atoms with E-state index in [9.17, 15) is 9.59 Å². The van der Waals surface area contributed by atoms with Gasteiger partial charge in [-0.3, -0.25) is 24.7 Å². The molecule has 2 atom stereocenters. The van der Waals surface area contributed by atoms with Crippen LogP contribution in [0.4, 0.5) is 0 Å². The van der Waals surface area contributed by atoms with E-state index in [1.807, 2.05) is 12.4 Å². The number of fused-ring (bicyclic) bond motifs is 1. The SMILES string of the molecule is CCc1cnc(C2CCN(Cc3ccc4c(c3)CN(C3CCC(=O)NC3=O)C4S)CC2)nc1. The molecule has 8 heteroatoms. The highest BCUT2D eigenvalue weighted by molar-refractivity contribution is 7.80. The second-order valence-electron chi connectivity index (χ2n) is 9.40. The van der Waals surface area contributed by atoms with Gasteiger partial charge in [0.25, 0.3) is 0 Å². The molecular weight excluding hydrogens is 434 g/mol. The zero-order valence-electron chi connectivity index (χ0n) is 19.0. The number of amides is 2. The summed E-state index contributed by atoms with van der Waals surface area (Å²) in [6, 6.07) is 6.32. The van der Waals surface area contributed by atoms with Crippen molar-refractivity contribution >= 4 is 24.4 Å². The van der Waals surface area contributed by atoms with Crippen LogP contribution in [0.5, 0.6) is 0 Å². The lowest BCUT2D eigenvalue weighted by molar-refractivity contribution is -0.137. The monoisotopic (exact) mass is 465 g/mol. The lowest BCUT2D eigenvalue weighted by atomic mass is 9.95. The fraction of sp³-hybridized carbons (Fsp3) is 0.520. The number of imide groups is 1. The second-order valence-corrected chi connectivity index (χ2v) is 9.89. The molecule has 2 saturated heterocycles. The smallest absolute Gasteiger partial charge is 0.243 e. The molecule has 5 rings (SSSR count). The van der Waals surface area contributed by atoms with Crippen LogP contribution in [0.2, 0.25) is 0 Å². The predicted octanol–water partition coefficient (Wildman–Crippen LogP) is 2.97. The minimum absolute atomic E-state index is 0.118. The summed E-state index contributed by atoms with van der Waals surface area (Å²) in [5, 5.41) is 2.35. The summed E-state index contributed by atoms with van der Waals surface area (Å²) in [5.41, 5.74) is 4.88. The van der Waals surface area contributed by atoms with Crippen molar-refractivity contribution in [3.8, 4) is 0 Å². The molecule has 1 aromatic carbocycles. The molecule has 0 spiro atoms. The van der Waals surface area contributed by atoms with Crippen LogP contribution in [0.3, 0.4) is 0 Å². The van der Waals surface area contributed by atoms with E-state index in [2.05, 4.69) is 50.2 Å². The van der Waals surface area contributed by atoms with Crippen molar-refractivity contribution in [2.45, 2.75) is 69.5 Å². The van der Waals surface area contributed by atoms with Gasteiger partial charge in [0.05, 0.1) is 11.4 Å². The van der Waals surface area contributed by atoms with E-state index in [0.29, 0.717) is 25.3 Å². The fourth-order valence-electron chi connectivity index (χ4n) is 5.25. The Labute approximate surface area is 200 Å². The highest BCUT2D eigenvalue weighted by atomic mass is 32.1. The number of carbonyl (C=O) groups excluding carboxylic acids is 2. The van der Waals surface area contributed by atoms with Crippen LogP contribution in [0.25, 0.3) is 0 Å². The molecule has 2 aromatic rings. The van der Waals surface area contributed by atoms with Gasteiger partial charge >= 0.3 is 0 Å². The molecule has 2 fully saturated rings. The zero-order valence-corrected chi connectivity index (χ0v) is 19.9. The van der Waals surface area contributed by atoms with Crippen molar-refractivity contribution in [1.29, 1.82) is 0 Å². The molecule has 0 aliphatic carbocycles. The number of aromatic nitrogens is 2. The number of hydrogen-bond acceptors (Lipinski definition) is 7. The van der Waals surface area contributed by atoms with E-state index in [-0.39, 0.29) is 23.2 Å². The number of likely N-dealkylation sites (tertiary alicyclic amines) is 1. The number of nitrogens with one attached hydrogen (secondary N) is 1. The maximum Gasteiger partial charge on any atom is 0.243 e. The first-order chi connectivity index (χ1) is 16.0. The van der Waals surface area contributed by atoms with E-state index >= 15 is 0 Å². The predicted molar refractivity (Wildman–Crippen MR) is 129 cm³/mol. The van der Waals surface area contributed by atoms with E-state index in [0.717, 1.165) is 50.3 Å². The Balaban J connectivity index is 1.19. The number of thiol groups is 1. The number of hydrogen-bond donors (Lipinski definition) is 2. The van der Waals surface area contributed by atoms with Crippen LogP contribution < -0.4 is 5.32 Å². The van der Waals surface area contributed by atoms with E-state index in [4.69, 9.17) is 12.6 Å². The largest absolute Gasteiger partial charge is 0.299 e. The first-order valence-corrected chi connectivity index (χ1v) is 12.5. The lowest BCUT2D eigenvalue weighted by Crippen LogP contribution is -2.51. The van der Waals surface area contributed by atoms with Crippen LogP contribution in [0.1, 0.15) is 72.0 Å². The van der Waals surface area contributed by atoms with Crippen LogP contribution in [-0.2, 0) is 29.1 Å². The molecule has 174 valence electrons. The van der Waals surface area contributed by atoms with Crippen LogP contribution in [0, 0.1) is 0 Å². The number of aryl methyl sites for hydroxylation is 1. The molecule has 3 aliphatic rings. The van der Waals surface area contributed by atoms with Crippen molar-refractivity contribution in [2.24, 2.45) is 0 Å². The molecule has 4 heterocycles. The van der Waals surface area contributed by atoms with Crippen molar-refractivity contribution in [3.05, 3.63) is 58.7 Å². The van der Waals surface area contributed by atoms with Gasteiger partial charge in [0.15, 0.2) is 0 Å². The summed E-state index contributed by atoms with van der Waals surface area (Å²) in [5.74, 6) is 1.05. The fourth-order valence-corrected chi connectivity index (χ4v) is 5.75. The molecule has 0 radical (unpaired) electrons. The maximum atomic E-state index is 12.4. The van der Waals surface area contributed by atoms with Gasteiger partial charge in [0.2, 0.25) is 11.8 Å². The first-order valence-electron chi connectivity index (χ1n) is 11.9. The summed E-state index contributed by atoms with van der Waals surface area (Å²) in [6.07, 6.45) is 8.01. The number of benzene rings is 1. The lowest BCUT2D eigenvalue weighted by Gasteiger charge is -2.32. The van der Waals surface area contributed by atoms with E-state index in [1.54, 1.807) is 0 Å². The normalized spacial score (nSPS) is 24.7. The minimum Gasteiger partial charge on any atom is -0.299 e. The Kier molecular flexibility index (Phi) is 6.49. The van der Waals surface area contributed by atoms with Crippen molar-refractivity contribution in [3.63, 3.8) is 0 Å². The van der Waals surface area contributed by atoms with Gasteiger partial charge in [-0.25, -0.2) is 9.97 Å². The number of carbonyl (C=O) groups is 2. The molecular formula is C25H31N5O2S. The second kappa shape index (κ2) is 9.52. The molecule has 2 unspecified atom stereocenters.